The number of carbonyl (C=O) groups excluding carboxylic acids is 2. The number of rotatable bonds is 8. The minimum absolute atomic E-state index is 0.00162. The molecule has 0 radical (unpaired) electrons. The lowest BCUT2D eigenvalue weighted by Gasteiger charge is -2.18. The zero-order valence-electron chi connectivity index (χ0n) is 14.1. The van der Waals surface area contributed by atoms with Crippen molar-refractivity contribution in [3.05, 3.63) is 35.6 Å². The molecule has 1 aliphatic rings. The maximum absolute atomic E-state index is 12.8. The van der Waals surface area contributed by atoms with E-state index < -0.39 is 0 Å². The van der Waals surface area contributed by atoms with Crippen LogP contribution in [0, 0.1) is 5.82 Å². The number of carbonyl (C=O) groups is 2. The summed E-state index contributed by atoms with van der Waals surface area (Å²) < 4.78 is 18.4. The summed E-state index contributed by atoms with van der Waals surface area (Å²) in [4.78, 5) is 25.6. The van der Waals surface area contributed by atoms with Gasteiger partial charge in [0.25, 0.3) is 5.91 Å². The Kier molecular flexibility index (Phi) is 7.18. The van der Waals surface area contributed by atoms with Gasteiger partial charge < -0.3 is 15.0 Å². The van der Waals surface area contributed by atoms with Crippen LogP contribution in [0.5, 0.6) is 0 Å². The molecule has 0 aliphatic carbocycles. The highest BCUT2D eigenvalue weighted by atomic mass is 19.1. The number of nitrogens with one attached hydrogen (secondary N) is 1. The molecule has 0 saturated carbocycles. The molecule has 24 heavy (non-hydrogen) atoms. The smallest absolute Gasteiger partial charge is 0.251 e. The van der Waals surface area contributed by atoms with E-state index in [1.54, 1.807) is 11.9 Å². The van der Waals surface area contributed by atoms with Crippen molar-refractivity contribution >= 4 is 11.8 Å². The maximum atomic E-state index is 12.8. The van der Waals surface area contributed by atoms with Crippen LogP contribution < -0.4 is 5.32 Å². The highest BCUT2D eigenvalue weighted by molar-refractivity contribution is 5.94. The molecule has 2 amide bonds. The predicted octanol–water partition coefficient (Wildman–Crippen LogP) is 2.36. The molecule has 1 saturated heterocycles. The van der Waals surface area contributed by atoms with Crippen LogP contribution in [0.15, 0.2) is 24.3 Å². The normalized spacial score (nSPS) is 16.8. The fraction of sp³-hybridized carbons (Fsp3) is 0.556. The topological polar surface area (TPSA) is 58.6 Å². The van der Waals surface area contributed by atoms with Crippen LogP contribution in [0.1, 0.15) is 42.5 Å². The number of amides is 2. The predicted molar refractivity (Wildman–Crippen MR) is 89.2 cm³/mol. The van der Waals surface area contributed by atoms with E-state index in [1.165, 1.54) is 24.3 Å². The molecule has 1 atom stereocenters. The Morgan fingerprint density at radius 3 is 2.75 bits per heavy atom. The SMILES string of the molecule is CN(CCC[C@@H]1CCCO1)C(=O)CCNC(=O)c1ccc(F)cc1. The van der Waals surface area contributed by atoms with E-state index in [4.69, 9.17) is 4.74 Å². The van der Waals surface area contributed by atoms with Gasteiger partial charge in [-0.05, 0) is 49.9 Å². The minimum atomic E-state index is -0.383. The van der Waals surface area contributed by atoms with Gasteiger partial charge in [0.2, 0.25) is 5.91 Å². The molecule has 0 aromatic heterocycles. The van der Waals surface area contributed by atoms with E-state index in [-0.39, 0.29) is 30.6 Å². The standard InChI is InChI=1S/C18H25FN2O3/c1-21(12-2-4-16-5-3-13-24-16)17(22)10-11-20-18(23)14-6-8-15(19)9-7-14/h6-9,16H,2-5,10-13H2,1H3,(H,20,23)/t16-/m1/s1. The van der Waals surface area contributed by atoms with E-state index in [9.17, 15) is 14.0 Å². The van der Waals surface area contributed by atoms with Gasteiger partial charge in [-0.15, -0.1) is 0 Å². The molecular formula is C18H25FN2O3. The van der Waals surface area contributed by atoms with Crippen LogP contribution in [-0.4, -0.2) is 49.6 Å². The number of hydrogen-bond donors (Lipinski definition) is 1. The van der Waals surface area contributed by atoms with Crippen LogP contribution >= 0.6 is 0 Å². The van der Waals surface area contributed by atoms with Crippen molar-refractivity contribution in [2.45, 2.75) is 38.2 Å². The summed E-state index contributed by atoms with van der Waals surface area (Å²) in [5, 5.41) is 2.68. The fourth-order valence-corrected chi connectivity index (χ4v) is 2.73. The lowest BCUT2D eigenvalue weighted by molar-refractivity contribution is -0.129. The highest BCUT2D eigenvalue weighted by Gasteiger charge is 2.16. The van der Waals surface area contributed by atoms with Crippen molar-refractivity contribution in [1.29, 1.82) is 0 Å². The van der Waals surface area contributed by atoms with Gasteiger partial charge in [-0.25, -0.2) is 4.39 Å². The Hall–Kier alpha value is -1.95. The third-order valence-electron chi connectivity index (χ3n) is 4.20. The summed E-state index contributed by atoms with van der Waals surface area (Å²) in [5.74, 6) is -0.683. The van der Waals surface area contributed by atoms with E-state index >= 15 is 0 Å². The molecule has 1 aromatic carbocycles. The molecule has 2 rings (SSSR count). The Morgan fingerprint density at radius 2 is 2.08 bits per heavy atom. The van der Waals surface area contributed by atoms with Crippen LogP contribution in [0.25, 0.3) is 0 Å². The molecule has 1 aliphatic heterocycles. The summed E-state index contributed by atoms with van der Waals surface area (Å²) >= 11 is 0. The number of benzene rings is 1. The molecule has 1 N–H and O–H groups in total. The number of ether oxygens (including phenoxy) is 1. The first-order chi connectivity index (χ1) is 11.6. The van der Waals surface area contributed by atoms with Crippen LogP contribution in [0.3, 0.4) is 0 Å². The highest BCUT2D eigenvalue weighted by Crippen LogP contribution is 2.16. The average Bonchev–Trinajstić information content (AvgIpc) is 3.08. The average molecular weight is 336 g/mol. The molecule has 1 fully saturated rings. The van der Waals surface area contributed by atoms with E-state index in [2.05, 4.69) is 5.32 Å². The van der Waals surface area contributed by atoms with Gasteiger partial charge >= 0.3 is 0 Å². The third-order valence-corrected chi connectivity index (χ3v) is 4.20. The first kappa shape index (κ1) is 18.4. The van der Waals surface area contributed by atoms with Gasteiger partial charge in [0.1, 0.15) is 5.82 Å². The second kappa shape index (κ2) is 9.37. The quantitative estimate of drug-likeness (QED) is 0.793. The number of hydrogen-bond acceptors (Lipinski definition) is 3. The zero-order valence-corrected chi connectivity index (χ0v) is 14.1. The summed E-state index contributed by atoms with van der Waals surface area (Å²) in [6.07, 6.45) is 4.76. The molecule has 1 aromatic rings. The van der Waals surface area contributed by atoms with E-state index in [0.29, 0.717) is 18.2 Å². The summed E-state index contributed by atoms with van der Waals surface area (Å²) in [7, 11) is 1.78. The summed E-state index contributed by atoms with van der Waals surface area (Å²) in [5.41, 5.74) is 0.383. The monoisotopic (exact) mass is 336 g/mol. The van der Waals surface area contributed by atoms with Crippen molar-refractivity contribution in [3.8, 4) is 0 Å². The molecule has 132 valence electrons. The Balaban J connectivity index is 1.61. The van der Waals surface area contributed by atoms with Crippen LogP contribution in [0.2, 0.25) is 0 Å². The Labute approximate surface area is 142 Å². The Morgan fingerprint density at radius 1 is 1.33 bits per heavy atom. The maximum Gasteiger partial charge on any atom is 0.251 e. The van der Waals surface area contributed by atoms with Crippen LogP contribution in [-0.2, 0) is 9.53 Å². The second-order valence-electron chi connectivity index (χ2n) is 6.11. The van der Waals surface area contributed by atoms with Gasteiger partial charge in [0, 0.05) is 38.7 Å². The van der Waals surface area contributed by atoms with Crippen molar-refractivity contribution in [2.75, 3.05) is 26.7 Å². The molecule has 0 unspecified atom stereocenters. The van der Waals surface area contributed by atoms with Crippen molar-refractivity contribution < 1.29 is 18.7 Å². The van der Waals surface area contributed by atoms with E-state index in [0.717, 1.165) is 32.3 Å². The van der Waals surface area contributed by atoms with Crippen molar-refractivity contribution in [3.63, 3.8) is 0 Å². The molecule has 5 nitrogen and oxygen atoms in total. The van der Waals surface area contributed by atoms with E-state index in [1.807, 2.05) is 0 Å². The number of nitrogens with zero attached hydrogens (tertiary/aromatic N) is 1. The molecule has 6 heteroatoms. The first-order valence-corrected chi connectivity index (χ1v) is 8.45. The lowest BCUT2D eigenvalue weighted by Crippen LogP contribution is -2.33. The minimum Gasteiger partial charge on any atom is -0.378 e. The molecule has 0 spiro atoms. The Bertz CT molecular complexity index is 542. The third kappa shape index (κ3) is 5.92. The van der Waals surface area contributed by atoms with Gasteiger partial charge in [-0.2, -0.15) is 0 Å². The second-order valence-corrected chi connectivity index (χ2v) is 6.11. The van der Waals surface area contributed by atoms with Crippen molar-refractivity contribution in [1.82, 2.24) is 10.2 Å². The lowest BCUT2D eigenvalue weighted by atomic mass is 10.1. The van der Waals surface area contributed by atoms with Gasteiger partial charge in [0.15, 0.2) is 0 Å². The largest absolute Gasteiger partial charge is 0.378 e. The van der Waals surface area contributed by atoms with Gasteiger partial charge in [0.05, 0.1) is 6.10 Å². The fourth-order valence-electron chi connectivity index (χ4n) is 2.73. The summed E-state index contributed by atoms with van der Waals surface area (Å²) in [6, 6.07) is 5.32. The zero-order chi connectivity index (χ0) is 17.4. The number of halogens is 1. The molecular weight excluding hydrogens is 311 g/mol. The molecule has 0 bridgehead atoms. The first-order valence-electron chi connectivity index (χ1n) is 8.45. The van der Waals surface area contributed by atoms with Crippen LogP contribution in [0.4, 0.5) is 4.39 Å². The summed E-state index contributed by atoms with van der Waals surface area (Å²) in [6.45, 7) is 1.82. The van der Waals surface area contributed by atoms with Gasteiger partial charge in [-0.3, -0.25) is 9.59 Å². The van der Waals surface area contributed by atoms with Gasteiger partial charge in [-0.1, -0.05) is 0 Å². The van der Waals surface area contributed by atoms with Crippen molar-refractivity contribution in [2.24, 2.45) is 0 Å². The molecule has 1 heterocycles.